The molecule has 0 spiro atoms. The Kier molecular flexibility index (Phi) is 3.11. The second-order valence-corrected chi connectivity index (χ2v) is 5.50. The molecule has 1 aromatic heterocycles. The van der Waals surface area contributed by atoms with E-state index in [0.29, 0.717) is 12.5 Å². The molecule has 1 fully saturated rings. The molecule has 0 saturated carbocycles. The minimum Gasteiger partial charge on any atom is -0.391 e. The van der Waals surface area contributed by atoms with Crippen LogP contribution in [-0.2, 0) is 0 Å². The van der Waals surface area contributed by atoms with E-state index in [0.717, 1.165) is 29.7 Å². The summed E-state index contributed by atoms with van der Waals surface area (Å²) in [6, 6.07) is 6.21. The van der Waals surface area contributed by atoms with Crippen LogP contribution < -0.4 is 4.90 Å². The fourth-order valence-electron chi connectivity index (χ4n) is 2.65. The number of piperidine rings is 1. The van der Waals surface area contributed by atoms with Crippen molar-refractivity contribution in [1.82, 2.24) is 9.97 Å². The van der Waals surface area contributed by atoms with E-state index >= 15 is 0 Å². The normalized spacial score (nSPS) is 23.8. The number of anilines is 1. The summed E-state index contributed by atoms with van der Waals surface area (Å²) >= 11 is 0. The highest BCUT2D eigenvalue weighted by molar-refractivity contribution is 5.89. The van der Waals surface area contributed by atoms with Gasteiger partial charge in [0.15, 0.2) is 0 Å². The van der Waals surface area contributed by atoms with E-state index < -0.39 is 0 Å². The highest BCUT2D eigenvalue weighted by atomic mass is 16.3. The van der Waals surface area contributed by atoms with Crippen LogP contribution in [0.1, 0.15) is 18.9 Å². The van der Waals surface area contributed by atoms with E-state index in [2.05, 4.69) is 40.8 Å². The van der Waals surface area contributed by atoms with Gasteiger partial charge in [-0.25, -0.2) is 9.97 Å². The molecule has 2 heterocycles. The highest BCUT2D eigenvalue weighted by Crippen LogP contribution is 2.27. The second-order valence-electron chi connectivity index (χ2n) is 5.50. The van der Waals surface area contributed by atoms with E-state index in [-0.39, 0.29) is 6.10 Å². The SMILES string of the molecule is Cc1ccc2ncnc(N3CCC(C)C(O)C3)c2c1. The van der Waals surface area contributed by atoms with Crippen molar-refractivity contribution in [2.75, 3.05) is 18.0 Å². The summed E-state index contributed by atoms with van der Waals surface area (Å²) in [4.78, 5) is 10.9. The van der Waals surface area contributed by atoms with Crippen LogP contribution in [0.25, 0.3) is 10.9 Å². The summed E-state index contributed by atoms with van der Waals surface area (Å²) in [6.07, 6.45) is 2.33. The van der Waals surface area contributed by atoms with Gasteiger partial charge in [-0.05, 0) is 31.4 Å². The minimum atomic E-state index is -0.274. The van der Waals surface area contributed by atoms with Crippen molar-refractivity contribution in [3.63, 3.8) is 0 Å². The molecule has 0 radical (unpaired) electrons. The number of aromatic nitrogens is 2. The highest BCUT2D eigenvalue weighted by Gasteiger charge is 2.26. The number of hydrogen-bond donors (Lipinski definition) is 1. The maximum Gasteiger partial charge on any atom is 0.139 e. The van der Waals surface area contributed by atoms with E-state index in [9.17, 15) is 5.11 Å². The number of benzene rings is 1. The van der Waals surface area contributed by atoms with Crippen molar-refractivity contribution in [2.45, 2.75) is 26.4 Å². The standard InChI is InChI=1S/C15H19N3O/c1-10-3-4-13-12(7-10)15(17-9-16-13)18-6-5-11(2)14(19)8-18/h3-4,7,9,11,14,19H,5-6,8H2,1-2H3. The minimum absolute atomic E-state index is 0.274. The van der Waals surface area contributed by atoms with Crippen molar-refractivity contribution in [3.8, 4) is 0 Å². The van der Waals surface area contributed by atoms with Gasteiger partial charge in [0.1, 0.15) is 12.1 Å². The Bertz CT molecular complexity index is 599. The Morgan fingerprint density at radius 2 is 2.16 bits per heavy atom. The van der Waals surface area contributed by atoms with Gasteiger partial charge in [-0.3, -0.25) is 0 Å². The van der Waals surface area contributed by atoms with Gasteiger partial charge in [0, 0.05) is 18.5 Å². The molecule has 1 N–H and O–H groups in total. The lowest BCUT2D eigenvalue weighted by atomic mass is 9.96. The van der Waals surface area contributed by atoms with E-state index in [1.807, 2.05) is 6.07 Å². The molecule has 0 aliphatic carbocycles. The van der Waals surface area contributed by atoms with Crippen molar-refractivity contribution >= 4 is 16.7 Å². The summed E-state index contributed by atoms with van der Waals surface area (Å²) in [5.41, 5.74) is 2.16. The first-order valence-electron chi connectivity index (χ1n) is 6.79. The third kappa shape index (κ3) is 2.28. The number of rotatable bonds is 1. The monoisotopic (exact) mass is 257 g/mol. The second kappa shape index (κ2) is 4.78. The molecule has 1 aliphatic heterocycles. The lowest BCUT2D eigenvalue weighted by molar-refractivity contribution is 0.103. The van der Waals surface area contributed by atoms with Gasteiger partial charge in [0.2, 0.25) is 0 Å². The van der Waals surface area contributed by atoms with E-state index in [1.54, 1.807) is 6.33 Å². The zero-order valence-corrected chi connectivity index (χ0v) is 11.4. The Balaban J connectivity index is 2.03. The molecule has 4 nitrogen and oxygen atoms in total. The fraction of sp³-hybridized carbons (Fsp3) is 0.467. The third-order valence-electron chi connectivity index (χ3n) is 3.99. The van der Waals surface area contributed by atoms with Gasteiger partial charge < -0.3 is 10.0 Å². The topological polar surface area (TPSA) is 49.2 Å². The van der Waals surface area contributed by atoms with Crippen molar-refractivity contribution < 1.29 is 5.11 Å². The Morgan fingerprint density at radius 3 is 2.95 bits per heavy atom. The number of aryl methyl sites for hydroxylation is 1. The van der Waals surface area contributed by atoms with Crippen molar-refractivity contribution in [2.24, 2.45) is 5.92 Å². The van der Waals surface area contributed by atoms with Crippen LogP contribution in [0.3, 0.4) is 0 Å². The van der Waals surface area contributed by atoms with Gasteiger partial charge >= 0.3 is 0 Å². The molecule has 4 heteroatoms. The number of β-amino-alcohol motifs (C(OH)–C–C–N with tert-alkyl or cyclic N) is 1. The predicted molar refractivity (Wildman–Crippen MR) is 76.3 cm³/mol. The van der Waals surface area contributed by atoms with Crippen LogP contribution in [0.15, 0.2) is 24.5 Å². The molecule has 1 aromatic carbocycles. The maximum absolute atomic E-state index is 10.1. The molecule has 2 unspecified atom stereocenters. The van der Waals surface area contributed by atoms with Gasteiger partial charge in [-0.2, -0.15) is 0 Å². The zero-order valence-electron chi connectivity index (χ0n) is 11.4. The Morgan fingerprint density at radius 1 is 1.32 bits per heavy atom. The average molecular weight is 257 g/mol. The molecule has 0 bridgehead atoms. The number of fused-ring (bicyclic) bond motifs is 1. The third-order valence-corrected chi connectivity index (χ3v) is 3.99. The first kappa shape index (κ1) is 12.4. The first-order chi connectivity index (χ1) is 9.15. The fourth-order valence-corrected chi connectivity index (χ4v) is 2.65. The summed E-state index contributed by atoms with van der Waals surface area (Å²) in [7, 11) is 0. The lowest BCUT2D eigenvalue weighted by Crippen LogP contribution is -2.43. The molecule has 2 aromatic rings. The molecule has 19 heavy (non-hydrogen) atoms. The van der Waals surface area contributed by atoms with Gasteiger partial charge in [0.25, 0.3) is 0 Å². The molecule has 100 valence electrons. The zero-order chi connectivity index (χ0) is 13.4. The van der Waals surface area contributed by atoms with E-state index in [1.165, 1.54) is 5.56 Å². The lowest BCUT2D eigenvalue weighted by Gasteiger charge is -2.35. The molecular formula is C15H19N3O. The predicted octanol–water partition coefficient (Wildman–Crippen LogP) is 2.15. The summed E-state index contributed by atoms with van der Waals surface area (Å²) in [5, 5.41) is 11.1. The number of aliphatic hydroxyl groups is 1. The molecule has 3 rings (SSSR count). The average Bonchev–Trinajstić information content (AvgIpc) is 2.41. The van der Waals surface area contributed by atoms with Crippen molar-refractivity contribution in [1.29, 1.82) is 0 Å². The number of nitrogens with zero attached hydrogens (tertiary/aromatic N) is 3. The number of hydrogen-bond acceptors (Lipinski definition) is 4. The van der Waals surface area contributed by atoms with Crippen LogP contribution in [0.4, 0.5) is 5.82 Å². The quantitative estimate of drug-likeness (QED) is 0.850. The van der Waals surface area contributed by atoms with Gasteiger partial charge in [-0.15, -0.1) is 0 Å². The van der Waals surface area contributed by atoms with Crippen LogP contribution in [0.5, 0.6) is 0 Å². The molecule has 0 amide bonds. The summed E-state index contributed by atoms with van der Waals surface area (Å²) in [6.45, 7) is 5.77. The maximum atomic E-state index is 10.1. The molecule has 1 saturated heterocycles. The van der Waals surface area contributed by atoms with Crippen molar-refractivity contribution in [3.05, 3.63) is 30.1 Å². The molecular weight excluding hydrogens is 238 g/mol. The van der Waals surface area contributed by atoms with Gasteiger partial charge in [0.05, 0.1) is 11.6 Å². The van der Waals surface area contributed by atoms with Crippen LogP contribution in [0.2, 0.25) is 0 Å². The molecule has 2 atom stereocenters. The van der Waals surface area contributed by atoms with Gasteiger partial charge in [-0.1, -0.05) is 18.6 Å². The molecule has 1 aliphatic rings. The summed E-state index contributed by atoms with van der Waals surface area (Å²) in [5.74, 6) is 1.31. The van der Waals surface area contributed by atoms with Crippen LogP contribution >= 0.6 is 0 Å². The van der Waals surface area contributed by atoms with E-state index in [4.69, 9.17) is 0 Å². The Hall–Kier alpha value is -1.68. The first-order valence-corrected chi connectivity index (χ1v) is 6.79. The number of aliphatic hydroxyl groups excluding tert-OH is 1. The van der Waals surface area contributed by atoms with Crippen LogP contribution in [0, 0.1) is 12.8 Å². The Labute approximate surface area is 113 Å². The summed E-state index contributed by atoms with van der Waals surface area (Å²) < 4.78 is 0. The smallest absolute Gasteiger partial charge is 0.139 e. The largest absolute Gasteiger partial charge is 0.391 e. The van der Waals surface area contributed by atoms with Crippen LogP contribution in [-0.4, -0.2) is 34.3 Å².